The van der Waals surface area contributed by atoms with Gasteiger partial charge in [0.05, 0.1) is 0 Å². The largest absolute Gasteiger partial charge is 0.457 e. The summed E-state index contributed by atoms with van der Waals surface area (Å²) in [5.41, 5.74) is 1.05. The lowest BCUT2D eigenvalue weighted by molar-refractivity contribution is 0.174. The van der Waals surface area contributed by atoms with Gasteiger partial charge in [-0.05, 0) is 50.1 Å². The van der Waals surface area contributed by atoms with Gasteiger partial charge in [0.1, 0.15) is 11.5 Å². The molecule has 0 radical (unpaired) electrons. The monoisotopic (exact) mass is 326 g/mol. The predicted molar refractivity (Wildman–Crippen MR) is 97.3 cm³/mol. The summed E-state index contributed by atoms with van der Waals surface area (Å²) in [4.78, 5) is 14.2. The Balaban J connectivity index is 2.12. The first-order valence-corrected chi connectivity index (χ1v) is 8.50. The first-order valence-electron chi connectivity index (χ1n) is 8.50. The van der Waals surface area contributed by atoms with Gasteiger partial charge in [-0.15, -0.1) is 0 Å². The fourth-order valence-electron chi connectivity index (χ4n) is 2.43. The van der Waals surface area contributed by atoms with Crippen molar-refractivity contribution >= 4 is 6.03 Å². The summed E-state index contributed by atoms with van der Waals surface area (Å²) in [6.45, 7) is 7.28. The number of nitrogens with zero attached hydrogens (tertiary/aromatic N) is 1. The van der Waals surface area contributed by atoms with Crippen molar-refractivity contribution < 1.29 is 9.53 Å². The van der Waals surface area contributed by atoms with Crippen LogP contribution >= 0.6 is 0 Å². The fraction of sp³-hybridized carbons (Fsp3) is 0.350. The van der Waals surface area contributed by atoms with E-state index >= 15 is 0 Å². The van der Waals surface area contributed by atoms with Crippen molar-refractivity contribution in [1.82, 2.24) is 10.2 Å². The molecule has 4 heteroatoms. The summed E-state index contributed by atoms with van der Waals surface area (Å²) in [6, 6.07) is 17.7. The lowest BCUT2D eigenvalue weighted by atomic mass is 10.1. The van der Waals surface area contributed by atoms with Crippen LogP contribution in [0.4, 0.5) is 4.79 Å². The Hall–Kier alpha value is -2.49. The van der Waals surface area contributed by atoms with Crippen LogP contribution in [0.1, 0.15) is 32.8 Å². The summed E-state index contributed by atoms with van der Waals surface area (Å²) in [5.74, 6) is 1.58. The molecule has 0 aliphatic carbocycles. The number of hydrogen-bond donors (Lipinski definition) is 1. The molecule has 0 aliphatic heterocycles. The quantitative estimate of drug-likeness (QED) is 0.793. The molecule has 2 rings (SSSR count). The van der Waals surface area contributed by atoms with E-state index in [2.05, 4.69) is 19.2 Å². The molecule has 4 nitrogen and oxygen atoms in total. The zero-order chi connectivity index (χ0) is 17.4. The molecule has 0 bridgehead atoms. The number of para-hydroxylation sites is 1. The van der Waals surface area contributed by atoms with E-state index in [1.165, 1.54) is 0 Å². The number of nitrogens with one attached hydrogen (secondary N) is 1. The molecule has 24 heavy (non-hydrogen) atoms. The molecular formula is C20H26N2O2. The van der Waals surface area contributed by atoms with Gasteiger partial charge in [-0.1, -0.05) is 37.3 Å². The molecule has 0 spiro atoms. The van der Waals surface area contributed by atoms with Crippen molar-refractivity contribution in [3.8, 4) is 11.5 Å². The van der Waals surface area contributed by atoms with Gasteiger partial charge in [-0.2, -0.15) is 0 Å². The summed E-state index contributed by atoms with van der Waals surface area (Å²) in [5, 5.41) is 2.89. The van der Waals surface area contributed by atoms with E-state index in [-0.39, 0.29) is 12.1 Å². The van der Waals surface area contributed by atoms with Crippen LogP contribution in [0.3, 0.4) is 0 Å². The maximum absolute atomic E-state index is 12.3. The van der Waals surface area contributed by atoms with Crippen LogP contribution in [0.25, 0.3) is 0 Å². The van der Waals surface area contributed by atoms with Gasteiger partial charge in [-0.3, -0.25) is 0 Å². The Morgan fingerprint density at radius 3 is 2.46 bits per heavy atom. The normalized spacial score (nSPS) is 11.6. The van der Waals surface area contributed by atoms with Gasteiger partial charge in [0.25, 0.3) is 0 Å². The highest BCUT2D eigenvalue weighted by molar-refractivity contribution is 5.74. The van der Waals surface area contributed by atoms with Crippen molar-refractivity contribution in [2.24, 2.45) is 0 Å². The molecule has 0 heterocycles. The van der Waals surface area contributed by atoms with Crippen LogP contribution in [0.5, 0.6) is 11.5 Å². The molecule has 2 amide bonds. The van der Waals surface area contributed by atoms with Gasteiger partial charge >= 0.3 is 6.03 Å². The zero-order valence-electron chi connectivity index (χ0n) is 14.7. The average molecular weight is 326 g/mol. The zero-order valence-corrected chi connectivity index (χ0v) is 14.7. The number of amides is 2. The number of benzene rings is 2. The second-order valence-electron chi connectivity index (χ2n) is 5.78. The molecule has 1 N–H and O–H groups in total. The van der Waals surface area contributed by atoms with Gasteiger partial charge in [0, 0.05) is 19.1 Å². The summed E-state index contributed by atoms with van der Waals surface area (Å²) in [6.07, 6.45) is 0.914. The third-order valence-corrected chi connectivity index (χ3v) is 3.94. The number of rotatable bonds is 7. The van der Waals surface area contributed by atoms with Crippen LogP contribution < -0.4 is 10.1 Å². The molecule has 0 aliphatic rings. The lowest BCUT2D eigenvalue weighted by Gasteiger charge is -2.28. The second-order valence-corrected chi connectivity index (χ2v) is 5.78. The highest BCUT2D eigenvalue weighted by Crippen LogP contribution is 2.23. The van der Waals surface area contributed by atoms with Crippen LogP contribution in [-0.4, -0.2) is 23.5 Å². The van der Waals surface area contributed by atoms with E-state index in [9.17, 15) is 4.79 Å². The fourth-order valence-corrected chi connectivity index (χ4v) is 2.43. The van der Waals surface area contributed by atoms with E-state index in [0.717, 1.165) is 23.5 Å². The molecular weight excluding hydrogens is 300 g/mol. The van der Waals surface area contributed by atoms with Crippen LogP contribution in [0, 0.1) is 0 Å². The van der Waals surface area contributed by atoms with Crippen molar-refractivity contribution in [1.29, 1.82) is 0 Å². The summed E-state index contributed by atoms with van der Waals surface area (Å²) >= 11 is 0. The third-order valence-electron chi connectivity index (χ3n) is 3.94. The maximum atomic E-state index is 12.3. The second kappa shape index (κ2) is 8.96. The third kappa shape index (κ3) is 5.01. The summed E-state index contributed by atoms with van der Waals surface area (Å²) < 4.78 is 5.88. The van der Waals surface area contributed by atoms with Crippen molar-refractivity contribution in [2.45, 2.75) is 39.8 Å². The molecule has 0 fully saturated rings. The Kier molecular flexibility index (Phi) is 6.67. The Bertz CT molecular complexity index is 643. The minimum absolute atomic E-state index is 0.0266. The number of carbonyl (C=O) groups excluding carboxylic acids is 1. The van der Waals surface area contributed by atoms with E-state index in [1.54, 1.807) is 0 Å². The van der Waals surface area contributed by atoms with Crippen LogP contribution in [-0.2, 0) is 6.54 Å². The van der Waals surface area contributed by atoms with Gasteiger partial charge < -0.3 is 15.0 Å². The van der Waals surface area contributed by atoms with E-state index in [0.29, 0.717) is 13.1 Å². The Morgan fingerprint density at radius 2 is 1.79 bits per heavy atom. The highest BCUT2D eigenvalue weighted by Gasteiger charge is 2.18. The molecule has 128 valence electrons. The molecule has 2 aromatic rings. The van der Waals surface area contributed by atoms with Crippen LogP contribution in [0.2, 0.25) is 0 Å². The number of carbonyl (C=O) groups is 1. The van der Waals surface area contributed by atoms with Crippen molar-refractivity contribution in [3.63, 3.8) is 0 Å². The Morgan fingerprint density at radius 1 is 1.08 bits per heavy atom. The smallest absolute Gasteiger partial charge is 0.317 e. The molecule has 0 saturated heterocycles. The maximum Gasteiger partial charge on any atom is 0.317 e. The van der Waals surface area contributed by atoms with E-state index in [4.69, 9.17) is 4.74 Å². The molecule has 2 aromatic carbocycles. The average Bonchev–Trinajstić information content (AvgIpc) is 2.60. The Labute approximate surface area is 144 Å². The standard InChI is InChI=1S/C20H26N2O2/c1-4-16(3)22(20(23)21-5-2)15-17-10-9-13-19(14-17)24-18-11-7-6-8-12-18/h6-14,16H,4-5,15H2,1-3H3,(H,21,23). The SMILES string of the molecule is CCNC(=O)N(Cc1cccc(Oc2ccccc2)c1)C(C)CC. The van der Waals surface area contributed by atoms with E-state index in [1.807, 2.05) is 66.4 Å². The topological polar surface area (TPSA) is 41.6 Å². The van der Waals surface area contributed by atoms with E-state index < -0.39 is 0 Å². The highest BCUT2D eigenvalue weighted by atomic mass is 16.5. The minimum Gasteiger partial charge on any atom is -0.457 e. The minimum atomic E-state index is -0.0266. The molecule has 1 unspecified atom stereocenters. The molecule has 0 aromatic heterocycles. The first kappa shape index (κ1) is 17.9. The first-order chi connectivity index (χ1) is 11.6. The molecule has 1 atom stereocenters. The van der Waals surface area contributed by atoms with Crippen LogP contribution in [0.15, 0.2) is 54.6 Å². The van der Waals surface area contributed by atoms with Gasteiger partial charge in [0.2, 0.25) is 0 Å². The number of hydrogen-bond acceptors (Lipinski definition) is 2. The number of urea groups is 1. The summed E-state index contributed by atoms with van der Waals surface area (Å²) in [7, 11) is 0. The number of ether oxygens (including phenoxy) is 1. The van der Waals surface area contributed by atoms with Crippen molar-refractivity contribution in [2.75, 3.05) is 6.54 Å². The van der Waals surface area contributed by atoms with Gasteiger partial charge in [-0.25, -0.2) is 4.79 Å². The van der Waals surface area contributed by atoms with Crippen molar-refractivity contribution in [3.05, 3.63) is 60.2 Å². The lowest BCUT2D eigenvalue weighted by Crippen LogP contribution is -2.44. The van der Waals surface area contributed by atoms with Gasteiger partial charge in [0.15, 0.2) is 0 Å². The molecule has 0 saturated carbocycles. The predicted octanol–water partition coefficient (Wildman–Crippen LogP) is 4.81.